The lowest BCUT2D eigenvalue weighted by atomic mass is 10.3. The predicted octanol–water partition coefficient (Wildman–Crippen LogP) is 4.82. The second kappa shape index (κ2) is 11.5. The van der Waals surface area contributed by atoms with E-state index in [2.05, 4.69) is 4.98 Å². The maximum Gasteiger partial charge on any atom is 0.266 e. The van der Waals surface area contributed by atoms with Gasteiger partial charge in [-0.25, -0.2) is 9.97 Å². The molecule has 0 N–H and O–H groups in total. The Morgan fingerprint density at radius 3 is 2.72 bits per heavy atom. The molecule has 0 saturated carbocycles. The zero-order valence-corrected chi connectivity index (χ0v) is 19.3. The Kier molecular flexibility index (Phi) is 8.47. The zero-order valence-electron chi connectivity index (χ0n) is 17.7. The number of carbonyl (C=O) groups is 1. The van der Waals surface area contributed by atoms with Gasteiger partial charge in [0.05, 0.1) is 23.2 Å². The lowest BCUT2D eigenvalue weighted by Gasteiger charge is -2.20. The molecule has 1 amide bonds. The fourth-order valence-corrected chi connectivity index (χ4v) is 4.20. The van der Waals surface area contributed by atoms with Gasteiger partial charge in [-0.2, -0.15) is 0 Å². The molecule has 9 heteroatoms. The minimum atomic E-state index is -0.126. The highest BCUT2D eigenvalue weighted by Crippen LogP contribution is 2.32. The summed E-state index contributed by atoms with van der Waals surface area (Å²) < 4.78 is 14.3. The van der Waals surface area contributed by atoms with E-state index in [9.17, 15) is 4.79 Å². The fourth-order valence-electron chi connectivity index (χ4n) is 3.16. The van der Waals surface area contributed by atoms with E-state index in [4.69, 9.17) is 14.5 Å². The van der Waals surface area contributed by atoms with Crippen molar-refractivity contribution in [1.82, 2.24) is 14.5 Å². The molecule has 2 aromatic heterocycles. The van der Waals surface area contributed by atoms with Crippen LogP contribution in [0.5, 0.6) is 11.5 Å². The van der Waals surface area contributed by atoms with Gasteiger partial charge in [0, 0.05) is 25.5 Å². The predicted molar refractivity (Wildman–Crippen MR) is 129 cm³/mol. The first kappa shape index (κ1) is 23.6. The van der Waals surface area contributed by atoms with Crippen LogP contribution in [0.4, 0.5) is 5.13 Å². The number of benzene rings is 2. The number of nitrogens with zero attached hydrogens (tertiary/aromatic N) is 4. The molecule has 0 radical (unpaired) electrons. The number of amides is 1. The number of aryl methyl sites for hydroxylation is 1. The maximum absolute atomic E-state index is 13.1. The average Bonchev–Trinajstić information content (AvgIpc) is 3.45. The molecule has 32 heavy (non-hydrogen) atoms. The summed E-state index contributed by atoms with van der Waals surface area (Å²) in [5, 5.41) is 0.663. The van der Waals surface area contributed by atoms with Crippen molar-refractivity contribution in [2.75, 3.05) is 24.7 Å². The molecule has 0 saturated heterocycles. The number of hydrogen-bond donors (Lipinski definition) is 0. The smallest absolute Gasteiger partial charge is 0.266 e. The van der Waals surface area contributed by atoms with E-state index in [1.807, 2.05) is 66.2 Å². The third-order valence-electron chi connectivity index (χ3n) is 4.65. The lowest BCUT2D eigenvalue weighted by Crippen LogP contribution is -2.36. The molecular formula is C23H25ClN4O3S. The van der Waals surface area contributed by atoms with Crippen LogP contribution >= 0.6 is 23.7 Å². The number of rotatable bonds is 10. The highest BCUT2D eigenvalue weighted by Gasteiger charge is 2.20. The maximum atomic E-state index is 13.1. The first-order valence-electron chi connectivity index (χ1n) is 10.2. The minimum absolute atomic E-state index is 0. The quantitative estimate of drug-likeness (QED) is 0.331. The summed E-state index contributed by atoms with van der Waals surface area (Å²) in [7, 11) is 0. The largest absolute Gasteiger partial charge is 0.494 e. The van der Waals surface area contributed by atoms with Crippen LogP contribution in [0.1, 0.15) is 13.3 Å². The van der Waals surface area contributed by atoms with Crippen LogP contribution in [0.3, 0.4) is 0 Å². The number of para-hydroxylation sites is 1. The van der Waals surface area contributed by atoms with Gasteiger partial charge >= 0.3 is 0 Å². The van der Waals surface area contributed by atoms with Crippen molar-refractivity contribution in [3.63, 3.8) is 0 Å². The number of anilines is 1. The lowest BCUT2D eigenvalue weighted by molar-refractivity contribution is -0.120. The molecule has 0 atom stereocenters. The Hall–Kier alpha value is -3.10. The summed E-state index contributed by atoms with van der Waals surface area (Å²) in [6.45, 7) is 3.81. The van der Waals surface area contributed by atoms with E-state index >= 15 is 0 Å². The third kappa shape index (κ3) is 5.99. The van der Waals surface area contributed by atoms with E-state index in [0.29, 0.717) is 24.0 Å². The second-order valence-corrected chi connectivity index (χ2v) is 7.87. The number of fused-ring (bicyclic) bond motifs is 1. The fraction of sp³-hybridized carbons (Fsp3) is 0.261. The standard InChI is InChI=1S/C23H24N4O3S.ClH/c1-2-29-19-9-10-20-21(15-19)31-23(25-20)27(13-6-12-26-14-11-24-17-26)22(28)16-30-18-7-4-3-5-8-18;/h3-5,7-11,14-15,17H,2,6,12-13,16H2,1H3;1H. The molecule has 0 aliphatic carbocycles. The number of thiazole rings is 1. The molecule has 0 spiro atoms. The molecule has 0 fully saturated rings. The molecular weight excluding hydrogens is 448 g/mol. The molecule has 2 heterocycles. The number of imidazole rings is 1. The number of hydrogen-bond acceptors (Lipinski definition) is 6. The van der Waals surface area contributed by atoms with Crippen LogP contribution in [-0.2, 0) is 11.3 Å². The molecule has 4 aromatic rings. The monoisotopic (exact) mass is 472 g/mol. The Bertz CT molecular complexity index is 1120. The average molecular weight is 473 g/mol. The Morgan fingerprint density at radius 2 is 1.97 bits per heavy atom. The number of ether oxygens (including phenoxy) is 2. The van der Waals surface area contributed by atoms with E-state index in [1.54, 1.807) is 17.4 Å². The molecule has 7 nitrogen and oxygen atoms in total. The van der Waals surface area contributed by atoms with Crippen molar-refractivity contribution in [1.29, 1.82) is 0 Å². The van der Waals surface area contributed by atoms with E-state index in [1.165, 1.54) is 11.3 Å². The van der Waals surface area contributed by atoms with Gasteiger partial charge in [0.25, 0.3) is 5.91 Å². The van der Waals surface area contributed by atoms with Gasteiger partial charge < -0.3 is 14.0 Å². The van der Waals surface area contributed by atoms with Crippen LogP contribution in [0.15, 0.2) is 67.3 Å². The minimum Gasteiger partial charge on any atom is -0.494 e. The van der Waals surface area contributed by atoms with Crippen LogP contribution in [0.25, 0.3) is 10.2 Å². The van der Waals surface area contributed by atoms with Crippen molar-refractivity contribution in [3.05, 3.63) is 67.3 Å². The molecule has 168 valence electrons. The second-order valence-electron chi connectivity index (χ2n) is 6.86. The van der Waals surface area contributed by atoms with Gasteiger partial charge in [0.15, 0.2) is 11.7 Å². The van der Waals surface area contributed by atoms with Gasteiger partial charge in [0.2, 0.25) is 0 Å². The summed E-state index contributed by atoms with van der Waals surface area (Å²) in [4.78, 5) is 23.6. The van der Waals surface area contributed by atoms with Crippen LogP contribution in [0, 0.1) is 0 Å². The molecule has 0 aliphatic rings. The summed E-state index contributed by atoms with van der Waals surface area (Å²) in [5.74, 6) is 1.34. The Morgan fingerprint density at radius 1 is 1.12 bits per heavy atom. The highest BCUT2D eigenvalue weighted by molar-refractivity contribution is 7.22. The third-order valence-corrected chi connectivity index (χ3v) is 5.70. The van der Waals surface area contributed by atoms with Crippen LogP contribution < -0.4 is 14.4 Å². The van der Waals surface area contributed by atoms with Gasteiger partial charge in [-0.15, -0.1) is 12.4 Å². The van der Waals surface area contributed by atoms with Crippen molar-refractivity contribution in [2.45, 2.75) is 19.9 Å². The number of carbonyl (C=O) groups excluding carboxylic acids is 1. The topological polar surface area (TPSA) is 69.5 Å². The summed E-state index contributed by atoms with van der Waals surface area (Å²) in [5.41, 5.74) is 0.847. The Balaban J connectivity index is 0.00000289. The number of aromatic nitrogens is 3. The molecule has 0 unspecified atom stereocenters. The van der Waals surface area contributed by atoms with E-state index in [-0.39, 0.29) is 24.9 Å². The number of halogens is 1. The highest BCUT2D eigenvalue weighted by atomic mass is 35.5. The van der Waals surface area contributed by atoms with Crippen molar-refractivity contribution < 1.29 is 14.3 Å². The normalized spacial score (nSPS) is 10.5. The van der Waals surface area contributed by atoms with Crippen molar-refractivity contribution in [3.8, 4) is 11.5 Å². The summed E-state index contributed by atoms with van der Waals surface area (Å²) >= 11 is 1.48. The van der Waals surface area contributed by atoms with Crippen LogP contribution in [-0.4, -0.2) is 40.2 Å². The Labute approximate surface area is 197 Å². The van der Waals surface area contributed by atoms with Gasteiger partial charge in [-0.1, -0.05) is 29.5 Å². The summed E-state index contributed by atoms with van der Waals surface area (Å²) in [6.07, 6.45) is 6.21. The molecule has 0 aliphatic heterocycles. The van der Waals surface area contributed by atoms with E-state index < -0.39 is 0 Å². The van der Waals surface area contributed by atoms with Gasteiger partial charge in [-0.05, 0) is 43.7 Å². The molecule has 0 bridgehead atoms. The van der Waals surface area contributed by atoms with Crippen molar-refractivity contribution in [2.24, 2.45) is 0 Å². The zero-order chi connectivity index (χ0) is 21.5. The van der Waals surface area contributed by atoms with E-state index in [0.717, 1.165) is 28.9 Å². The van der Waals surface area contributed by atoms with Crippen LogP contribution in [0.2, 0.25) is 0 Å². The first-order chi connectivity index (χ1) is 15.2. The summed E-state index contributed by atoms with van der Waals surface area (Å²) in [6, 6.07) is 15.1. The molecule has 4 rings (SSSR count). The van der Waals surface area contributed by atoms with Crippen molar-refractivity contribution >= 4 is 45.0 Å². The first-order valence-corrected chi connectivity index (χ1v) is 11.0. The van der Waals surface area contributed by atoms with Gasteiger partial charge in [0.1, 0.15) is 11.5 Å². The molecule has 2 aromatic carbocycles. The SMILES string of the molecule is CCOc1ccc2nc(N(CCCn3ccnc3)C(=O)COc3ccccc3)sc2c1.Cl. The van der Waals surface area contributed by atoms with Gasteiger partial charge in [-0.3, -0.25) is 9.69 Å².